The second-order valence-electron chi connectivity index (χ2n) is 6.13. The van der Waals surface area contributed by atoms with Crippen LogP contribution in [0, 0.1) is 6.92 Å². The number of ether oxygens (including phenoxy) is 2. The fraction of sp³-hybridized carbons (Fsp3) is 0.381. The van der Waals surface area contributed by atoms with Gasteiger partial charge in [0, 0.05) is 6.42 Å². The van der Waals surface area contributed by atoms with Crippen molar-refractivity contribution in [2.24, 2.45) is 0 Å². The minimum Gasteiger partial charge on any atom is -0.494 e. The summed E-state index contributed by atoms with van der Waals surface area (Å²) in [6.07, 6.45) is 2.84. The number of carbonyl (C=O) groups is 1. The van der Waals surface area contributed by atoms with Crippen molar-refractivity contribution in [3.63, 3.8) is 0 Å². The second-order valence-corrected chi connectivity index (χ2v) is 6.13. The van der Waals surface area contributed by atoms with Gasteiger partial charge in [-0.05, 0) is 54.7 Å². The van der Waals surface area contributed by atoms with Crippen LogP contribution >= 0.6 is 0 Å². The highest BCUT2D eigenvalue weighted by Gasteiger charge is 2.05. The molecule has 25 heavy (non-hydrogen) atoms. The molecule has 0 aliphatic heterocycles. The molecule has 0 saturated carbocycles. The van der Waals surface area contributed by atoms with E-state index in [2.05, 4.69) is 6.92 Å². The molecule has 0 aliphatic carbocycles. The van der Waals surface area contributed by atoms with E-state index >= 15 is 0 Å². The molecule has 0 saturated heterocycles. The van der Waals surface area contributed by atoms with Gasteiger partial charge >= 0.3 is 5.97 Å². The summed E-state index contributed by atoms with van der Waals surface area (Å²) in [4.78, 5) is 10.7. The quantitative estimate of drug-likeness (QED) is 0.632. The van der Waals surface area contributed by atoms with Crippen LogP contribution in [-0.4, -0.2) is 17.7 Å². The first-order valence-electron chi connectivity index (χ1n) is 8.74. The van der Waals surface area contributed by atoms with Gasteiger partial charge < -0.3 is 14.6 Å². The van der Waals surface area contributed by atoms with Gasteiger partial charge in [0.2, 0.25) is 0 Å². The van der Waals surface area contributed by atoms with Crippen molar-refractivity contribution in [3.8, 4) is 11.5 Å². The average molecular weight is 342 g/mol. The van der Waals surface area contributed by atoms with Crippen molar-refractivity contribution in [3.05, 3.63) is 59.2 Å². The minimum absolute atomic E-state index is 0.143. The molecular weight excluding hydrogens is 316 g/mol. The Balaban J connectivity index is 1.92. The Morgan fingerprint density at radius 1 is 1.08 bits per heavy atom. The summed E-state index contributed by atoms with van der Waals surface area (Å²) in [6, 6.07) is 13.8. The number of benzene rings is 2. The molecule has 1 N–H and O–H groups in total. The number of aliphatic carboxylic acids is 1. The molecule has 0 amide bonds. The highest BCUT2D eigenvalue weighted by molar-refractivity contribution is 5.67. The van der Waals surface area contributed by atoms with Gasteiger partial charge in [-0.1, -0.05) is 37.6 Å². The minimum atomic E-state index is -0.779. The molecule has 0 radical (unpaired) electrons. The van der Waals surface area contributed by atoms with Crippen molar-refractivity contribution in [2.45, 2.75) is 46.1 Å². The molecule has 2 aromatic rings. The molecule has 0 atom stereocenters. The lowest BCUT2D eigenvalue weighted by molar-refractivity contribution is -0.136. The number of carboxylic acid groups (broad SMARTS) is 1. The Kier molecular flexibility index (Phi) is 7.33. The van der Waals surface area contributed by atoms with E-state index in [1.54, 1.807) is 0 Å². The van der Waals surface area contributed by atoms with Crippen LogP contribution in [0.4, 0.5) is 0 Å². The Bertz CT molecular complexity index is 694. The molecule has 0 spiro atoms. The van der Waals surface area contributed by atoms with Gasteiger partial charge in [0.25, 0.3) is 0 Å². The fourth-order valence-corrected chi connectivity index (χ4v) is 2.50. The number of unbranched alkanes of at least 4 members (excludes halogenated alkanes) is 1. The first-order valence-corrected chi connectivity index (χ1v) is 8.74. The maximum Gasteiger partial charge on any atom is 0.303 e. The van der Waals surface area contributed by atoms with Crippen LogP contribution in [0.15, 0.2) is 42.5 Å². The van der Waals surface area contributed by atoms with Gasteiger partial charge in [0.05, 0.1) is 6.61 Å². The van der Waals surface area contributed by atoms with Crippen LogP contribution in [-0.2, 0) is 17.8 Å². The Hall–Kier alpha value is -2.49. The summed E-state index contributed by atoms with van der Waals surface area (Å²) < 4.78 is 11.6. The largest absolute Gasteiger partial charge is 0.494 e. The van der Waals surface area contributed by atoms with E-state index in [-0.39, 0.29) is 6.42 Å². The summed E-state index contributed by atoms with van der Waals surface area (Å²) >= 11 is 0. The van der Waals surface area contributed by atoms with Crippen LogP contribution < -0.4 is 9.47 Å². The normalized spacial score (nSPS) is 10.5. The number of carboxylic acids is 1. The van der Waals surface area contributed by atoms with E-state index in [1.807, 2.05) is 49.4 Å². The molecule has 134 valence electrons. The highest BCUT2D eigenvalue weighted by atomic mass is 16.5. The molecule has 0 aliphatic rings. The van der Waals surface area contributed by atoms with Crippen LogP contribution in [0.25, 0.3) is 0 Å². The molecule has 0 aromatic heterocycles. The summed E-state index contributed by atoms with van der Waals surface area (Å²) in [7, 11) is 0. The van der Waals surface area contributed by atoms with Crippen molar-refractivity contribution >= 4 is 5.97 Å². The van der Waals surface area contributed by atoms with E-state index < -0.39 is 5.97 Å². The van der Waals surface area contributed by atoms with Crippen LogP contribution in [0.2, 0.25) is 0 Å². The lowest BCUT2D eigenvalue weighted by Gasteiger charge is -2.12. The molecule has 0 fully saturated rings. The zero-order valence-corrected chi connectivity index (χ0v) is 15.0. The first-order chi connectivity index (χ1) is 12.1. The SMILES string of the molecule is CCCCOc1cccc(COc2ccc(CCC(=O)O)cc2C)c1. The molecule has 4 nitrogen and oxygen atoms in total. The van der Waals surface area contributed by atoms with Gasteiger partial charge in [0.1, 0.15) is 18.1 Å². The third-order valence-corrected chi connectivity index (χ3v) is 3.93. The zero-order valence-electron chi connectivity index (χ0n) is 15.0. The molecule has 0 unspecified atom stereocenters. The van der Waals surface area contributed by atoms with Gasteiger partial charge in [-0.2, -0.15) is 0 Å². The number of rotatable bonds is 10. The van der Waals surface area contributed by atoms with E-state index in [9.17, 15) is 4.79 Å². The first kappa shape index (κ1) is 18.8. The maximum absolute atomic E-state index is 10.7. The molecular formula is C21H26O4. The Morgan fingerprint density at radius 3 is 2.64 bits per heavy atom. The molecule has 2 rings (SSSR count). The van der Waals surface area contributed by atoms with Gasteiger partial charge in [-0.15, -0.1) is 0 Å². The third-order valence-electron chi connectivity index (χ3n) is 3.93. The summed E-state index contributed by atoms with van der Waals surface area (Å²) in [5.74, 6) is 0.908. The molecule has 4 heteroatoms. The van der Waals surface area contributed by atoms with E-state index in [1.165, 1.54) is 0 Å². The van der Waals surface area contributed by atoms with Crippen LogP contribution in [0.1, 0.15) is 42.9 Å². The van der Waals surface area contributed by atoms with Gasteiger partial charge in [-0.25, -0.2) is 0 Å². The average Bonchev–Trinajstić information content (AvgIpc) is 2.60. The lowest BCUT2D eigenvalue weighted by atomic mass is 10.1. The van der Waals surface area contributed by atoms with E-state index in [0.717, 1.165) is 47.6 Å². The van der Waals surface area contributed by atoms with E-state index in [4.69, 9.17) is 14.6 Å². The maximum atomic E-state index is 10.7. The molecule has 0 bridgehead atoms. The number of hydrogen-bond acceptors (Lipinski definition) is 3. The van der Waals surface area contributed by atoms with Crippen molar-refractivity contribution in [1.29, 1.82) is 0 Å². The smallest absolute Gasteiger partial charge is 0.303 e. The zero-order chi connectivity index (χ0) is 18.1. The standard InChI is InChI=1S/C21H26O4/c1-3-4-12-24-19-7-5-6-18(14-19)15-25-20-10-8-17(13-16(20)2)9-11-21(22)23/h5-8,10,13-14H,3-4,9,11-12,15H2,1-2H3,(H,22,23). The third kappa shape index (κ3) is 6.49. The Labute approximate surface area is 149 Å². The van der Waals surface area contributed by atoms with E-state index in [0.29, 0.717) is 13.0 Å². The number of hydrogen-bond donors (Lipinski definition) is 1. The second kappa shape index (κ2) is 9.72. The molecule has 0 heterocycles. The predicted octanol–water partition coefficient (Wildman–Crippen LogP) is 4.77. The van der Waals surface area contributed by atoms with Crippen molar-refractivity contribution in [2.75, 3.05) is 6.61 Å². The van der Waals surface area contributed by atoms with Crippen molar-refractivity contribution < 1.29 is 19.4 Å². The predicted molar refractivity (Wildman–Crippen MR) is 98.3 cm³/mol. The number of aryl methyl sites for hydroxylation is 2. The monoisotopic (exact) mass is 342 g/mol. The van der Waals surface area contributed by atoms with Gasteiger partial charge in [-0.3, -0.25) is 4.79 Å². The van der Waals surface area contributed by atoms with Crippen LogP contribution in [0.5, 0.6) is 11.5 Å². The fourth-order valence-electron chi connectivity index (χ4n) is 2.50. The van der Waals surface area contributed by atoms with Crippen molar-refractivity contribution in [1.82, 2.24) is 0 Å². The topological polar surface area (TPSA) is 55.8 Å². The molecule has 2 aromatic carbocycles. The summed E-state index contributed by atoms with van der Waals surface area (Å²) in [5.41, 5.74) is 3.08. The summed E-state index contributed by atoms with van der Waals surface area (Å²) in [6.45, 7) is 5.32. The van der Waals surface area contributed by atoms with Crippen LogP contribution in [0.3, 0.4) is 0 Å². The summed E-state index contributed by atoms with van der Waals surface area (Å²) in [5, 5.41) is 8.76. The Morgan fingerprint density at radius 2 is 1.92 bits per heavy atom. The highest BCUT2D eigenvalue weighted by Crippen LogP contribution is 2.22. The lowest BCUT2D eigenvalue weighted by Crippen LogP contribution is -2.01. The van der Waals surface area contributed by atoms with Gasteiger partial charge in [0.15, 0.2) is 0 Å².